The van der Waals surface area contributed by atoms with E-state index in [-0.39, 0.29) is 5.25 Å². The van der Waals surface area contributed by atoms with Crippen LogP contribution in [-0.2, 0) is 10.5 Å². The maximum absolute atomic E-state index is 11.9. The molecule has 1 unspecified atom stereocenters. The van der Waals surface area contributed by atoms with Gasteiger partial charge in [0.2, 0.25) is 0 Å². The number of rotatable bonds is 6. The number of methoxy groups -OCH3 is 1. The van der Waals surface area contributed by atoms with E-state index in [4.69, 9.17) is 4.74 Å². The first-order valence-corrected chi connectivity index (χ1v) is 9.95. The van der Waals surface area contributed by atoms with Crippen LogP contribution in [-0.4, -0.2) is 18.6 Å². The van der Waals surface area contributed by atoms with Crippen molar-refractivity contribution in [3.8, 4) is 5.75 Å². The molecule has 23 heavy (non-hydrogen) atoms. The fraction of sp³-hybridized carbons (Fsp3) is 0.650. The van der Waals surface area contributed by atoms with Crippen molar-refractivity contribution in [2.24, 2.45) is 23.2 Å². The van der Waals surface area contributed by atoms with Gasteiger partial charge in [-0.3, -0.25) is 0 Å². The van der Waals surface area contributed by atoms with Crippen molar-refractivity contribution in [1.82, 2.24) is 0 Å². The van der Waals surface area contributed by atoms with Crippen LogP contribution in [0.1, 0.15) is 44.1 Å². The molecule has 0 aliphatic heterocycles. The van der Waals surface area contributed by atoms with Crippen LogP contribution < -0.4 is 4.74 Å². The van der Waals surface area contributed by atoms with Gasteiger partial charge in [-0.2, -0.15) is 0 Å². The van der Waals surface area contributed by atoms with Gasteiger partial charge in [-0.1, -0.05) is 12.1 Å². The maximum Gasteiger partial charge on any atom is 0.133 e. The molecule has 1 atom stereocenters. The molecule has 124 valence electrons. The predicted molar refractivity (Wildman–Crippen MR) is 94.7 cm³/mol. The quantitative estimate of drug-likeness (QED) is 0.707. The van der Waals surface area contributed by atoms with E-state index in [0.29, 0.717) is 5.41 Å². The first kappa shape index (κ1) is 15.6. The summed E-state index contributed by atoms with van der Waals surface area (Å²) in [6.07, 6.45) is 9.49. The van der Waals surface area contributed by atoms with Gasteiger partial charge in [0.25, 0.3) is 0 Å². The SMILES string of the molecule is COc1ccc(CSC(C=O)C23CC4CC(CC(C4)C2)C3)cc1. The average Bonchev–Trinajstić information content (AvgIpc) is 2.54. The summed E-state index contributed by atoms with van der Waals surface area (Å²) >= 11 is 1.87. The third-order valence-corrected chi connectivity index (χ3v) is 7.87. The Hall–Kier alpha value is -0.960. The lowest BCUT2D eigenvalue weighted by Gasteiger charge is -2.58. The summed E-state index contributed by atoms with van der Waals surface area (Å²) in [4.78, 5) is 11.9. The Bertz CT molecular complexity index is 530. The van der Waals surface area contributed by atoms with Crippen LogP contribution in [0.15, 0.2) is 24.3 Å². The molecule has 0 amide bonds. The van der Waals surface area contributed by atoms with Gasteiger partial charge in [-0.05, 0) is 79.4 Å². The summed E-state index contributed by atoms with van der Waals surface area (Å²) < 4.78 is 5.22. The first-order chi connectivity index (χ1) is 11.2. The molecule has 1 aromatic carbocycles. The Kier molecular flexibility index (Phi) is 4.17. The number of carbonyl (C=O) groups excluding carboxylic acids is 1. The lowest BCUT2D eigenvalue weighted by atomic mass is 9.49. The molecule has 4 fully saturated rings. The van der Waals surface area contributed by atoms with Crippen molar-refractivity contribution < 1.29 is 9.53 Å². The smallest absolute Gasteiger partial charge is 0.133 e. The Morgan fingerprint density at radius 3 is 2.17 bits per heavy atom. The molecule has 3 heteroatoms. The van der Waals surface area contributed by atoms with Crippen LogP contribution >= 0.6 is 11.8 Å². The maximum atomic E-state index is 11.9. The number of hydrogen-bond acceptors (Lipinski definition) is 3. The Labute approximate surface area is 143 Å². The molecule has 4 bridgehead atoms. The van der Waals surface area contributed by atoms with Gasteiger partial charge >= 0.3 is 0 Å². The number of thioether (sulfide) groups is 1. The summed E-state index contributed by atoms with van der Waals surface area (Å²) in [6.45, 7) is 0. The van der Waals surface area contributed by atoms with Crippen LogP contribution in [0.2, 0.25) is 0 Å². The molecule has 0 saturated heterocycles. The molecule has 4 aliphatic carbocycles. The normalized spacial score (nSPS) is 36.0. The minimum atomic E-state index is 0.179. The molecule has 1 aromatic rings. The largest absolute Gasteiger partial charge is 0.497 e. The zero-order chi connectivity index (χ0) is 15.9. The van der Waals surface area contributed by atoms with E-state index >= 15 is 0 Å². The van der Waals surface area contributed by atoms with Gasteiger partial charge < -0.3 is 9.53 Å². The fourth-order valence-electron chi connectivity index (χ4n) is 5.79. The highest BCUT2D eigenvalue weighted by molar-refractivity contribution is 7.99. The average molecular weight is 330 g/mol. The van der Waals surface area contributed by atoms with E-state index in [1.807, 2.05) is 23.9 Å². The summed E-state index contributed by atoms with van der Waals surface area (Å²) in [6, 6.07) is 8.26. The van der Waals surface area contributed by atoms with Crippen LogP contribution in [0.5, 0.6) is 5.75 Å². The van der Waals surface area contributed by atoms with Gasteiger partial charge in [0.15, 0.2) is 0 Å². The lowest BCUT2D eigenvalue weighted by molar-refractivity contribution is -0.114. The molecule has 0 N–H and O–H groups in total. The van der Waals surface area contributed by atoms with Crippen molar-refractivity contribution in [1.29, 1.82) is 0 Å². The third-order valence-electron chi connectivity index (χ3n) is 6.40. The number of carbonyl (C=O) groups is 1. The van der Waals surface area contributed by atoms with E-state index < -0.39 is 0 Å². The first-order valence-electron chi connectivity index (χ1n) is 8.90. The number of benzene rings is 1. The molecule has 0 heterocycles. The second-order valence-corrected chi connectivity index (χ2v) is 9.13. The van der Waals surface area contributed by atoms with Crippen molar-refractivity contribution in [2.75, 3.05) is 7.11 Å². The molecule has 0 radical (unpaired) electrons. The zero-order valence-corrected chi connectivity index (χ0v) is 14.7. The van der Waals surface area contributed by atoms with Gasteiger partial charge in [0.1, 0.15) is 12.0 Å². The van der Waals surface area contributed by atoms with Crippen LogP contribution in [0.25, 0.3) is 0 Å². The second kappa shape index (κ2) is 6.16. The highest BCUT2D eigenvalue weighted by Gasteiger charge is 2.54. The van der Waals surface area contributed by atoms with E-state index in [0.717, 1.165) is 29.3 Å². The standard InChI is InChI=1S/C20H26O2S/c1-22-18-4-2-14(3-5-18)13-23-19(12-21)20-9-15-6-16(10-20)8-17(7-15)11-20/h2-5,12,15-17,19H,6-11,13H2,1H3. The molecule has 4 saturated carbocycles. The molecular weight excluding hydrogens is 304 g/mol. The van der Waals surface area contributed by atoms with Gasteiger partial charge in [-0.25, -0.2) is 0 Å². The third kappa shape index (κ3) is 2.93. The predicted octanol–water partition coefficient (Wildman–Crippen LogP) is 4.71. The van der Waals surface area contributed by atoms with Crippen molar-refractivity contribution in [3.05, 3.63) is 29.8 Å². The highest BCUT2D eigenvalue weighted by atomic mass is 32.2. The van der Waals surface area contributed by atoms with Crippen LogP contribution in [0, 0.1) is 23.2 Å². The summed E-state index contributed by atoms with van der Waals surface area (Å²) in [7, 11) is 1.69. The van der Waals surface area contributed by atoms with Crippen molar-refractivity contribution in [3.63, 3.8) is 0 Å². The molecule has 0 spiro atoms. The van der Waals surface area contributed by atoms with Crippen molar-refractivity contribution >= 4 is 18.0 Å². The van der Waals surface area contributed by atoms with E-state index in [1.54, 1.807) is 7.11 Å². The van der Waals surface area contributed by atoms with Crippen LogP contribution in [0.3, 0.4) is 0 Å². The lowest BCUT2D eigenvalue weighted by Crippen LogP contribution is -2.51. The van der Waals surface area contributed by atoms with Crippen LogP contribution in [0.4, 0.5) is 0 Å². The van der Waals surface area contributed by atoms with Gasteiger partial charge in [0.05, 0.1) is 12.4 Å². The van der Waals surface area contributed by atoms with E-state index in [9.17, 15) is 4.79 Å². The van der Waals surface area contributed by atoms with Gasteiger partial charge in [-0.15, -0.1) is 11.8 Å². The number of ether oxygens (including phenoxy) is 1. The highest BCUT2D eigenvalue weighted by Crippen LogP contribution is 2.62. The Balaban J connectivity index is 1.45. The fourth-order valence-corrected chi connectivity index (χ4v) is 7.08. The Morgan fingerprint density at radius 2 is 1.70 bits per heavy atom. The number of hydrogen-bond donors (Lipinski definition) is 0. The van der Waals surface area contributed by atoms with Crippen molar-refractivity contribution in [2.45, 2.75) is 49.5 Å². The topological polar surface area (TPSA) is 26.3 Å². The minimum Gasteiger partial charge on any atom is -0.497 e. The van der Waals surface area contributed by atoms with Gasteiger partial charge in [0, 0.05) is 5.75 Å². The minimum absolute atomic E-state index is 0.179. The molecular formula is C20H26O2S. The summed E-state index contributed by atoms with van der Waals surface area (Å²) in [5.41, 5.74) is 1.60. The summed E-state index contributed by atoms with van der Waals surface area (Å²) in [5.74, 6) is 4.54. The Morgan fingerprint density at radius 1 is 1.13 bits per heavy atom. The summed E-state index contributed by atoms with van der Waals surface area (Å²) in [5, 5.41) is 0.179. The molecule has 2 nitrogen and oxygen atoms in total. The second-order valence-electron chi connectivity index (χ2n) is 8.00. The monoisotopic (exact) mass is 330 g/mol. The molecule has 5 rings (SSSR count). The zero-order valence-electron chi connectivity index (χ0n) is 13.9. The number of aldehydes is 1. The van der Waals surface area contributed by atoms with E-state index in [2.05, 4.69) is 12.1 Å². The molecule has 4 aliphatic rings. The van der Waals surface area contributed by atoms with E-state index in [1.165, 1.54) is 50.4 Å². The molecule has 0 aromatic heterocycles.